The molecule has 6 N–H and O–H groups in total. The molecule has 0 saturated carbocycles. The average Bonchev–Trinajstić information content (AvgIpc) is 2.85. The van der Waals surface area contributed by atoms with Crippen LogP contribution in [0.5, 0.6) is 17.2 Å². The highest BCUT2D eigenvalue weighted by atomic mass is 16.5. The highest BCUT2D eigenvalue weighted by Crippen LogP contribution is 2.23. The third-order valence-corrected chi connectivity index (χ3v) is 5.23. The lowest BCUT2D eigenvalue weighted by molar-refractivity contribution is 0.0997. The predicted octanol–water partition coefficient (Wildman–Crippen LogP) is 2.13. The first-order valence-electron chi connectivity index (χ1n) is 11.0. The van der Waals surface area contributed by atoms with Gasteiger partial charge in [-0.25, -0.2) is 0 Å². The van der Waals surface area contributed by atoms with E-state index in [0.29, 0.717) is 35.7 Å². The first kappa shape index (κ1) is 25.0. The Labute approximate surface area is 198 Å². The normalized spacial score (nSPS) is 11.7. The molecule has 3 aromatic carbocycles. The van der Waals surface area contributed by atoms with E-state index in [1.165, 1.54) is 6.07 Å². The van der Waals surface area contributed by atoms with Crippen LogP contribution in [0.4, 0.5) is 0 Å². The molecule has 0 heterocycles. The van der Waals surface area contributed by atoms with Crippen LogP contribution in [0, 0.1) is 0 Å². The number of aliphatic hydroxyl groups is 2. The highest BCUT2D eigenvalue weighted by molar-refractivity contribution is 5.94. The molecule has 0 spiro atoms. The molecule has 180 valence electrons. The third-order valence-electron chi connectivity index (χ3n) is 5.23. The maximum absolute atomic E-state index is 11.5. The van der Waals surface area contributed by atoms with Crippen molar-refractivity contribution in [3.63, 3.8) is 0 Å². The van der Waals surface area contributed by atoms with Crippen LogP contribution in [0.1, 0.15) is 27.0 Å². The molecule has 0 saturated heterocycles. The fourth-order valence-corrected chi connectivity index (χ4v) is 3.33. The Balaban J connectivity index is 1.36. The van der Waals surface area contributed by atoms with Gasteiger partial charge in [-0.15, -0.1) is 0 Å². The summed E-state index contributed by atoms with van der Waals surface area (Å²) in [6.45, 7) is 1.10. The molecule has 0 aliphatic rings. The van der Waals surface area contributed by atoms with E-state index < -0.39 is 12.0 Å². The number of carbonyl (C=O) groups is 1. The fourth-order valence-electron chi connectivity index (χ4n) is 3.33. The van der Waals surface area contributed by atoms with Crippen LogP contribution < -0.4 is 20.5 Å². The fraction of sp³-hybridized carbons (Fsp3) is 0.269. The van der Waals surface area contributed by atoms with Gasteiger partial charge in [-0.05, 0) is 54.9 Å². The second-order valence-electron chi connectivity index (χ2n) is 7.82. The van der Waals surface area contributed by atoms with E-state index in [1.54, 1.807) is 24.3 Å². The molecule has 0 aromatic heterocycles. The summed E-state index contributed by atoms with van der Waals surface area (Å²) in [5.41, 5.74) is 8.08. The van der Waals surface area contributed by atoms with Crippen molar-refractivity contribution in [1.29, 1.82) is 0 Å². The van der Waals surface area contributed by atoms with Crippen LogP contribution in [-0.4, -0.2) is 47.0 Å². The summed E-state index contributed by atoms with van der Waals surface area (Å²) < 4.78 is 11.3. The Hall–Kier alpha value is -3.59. The standard InChI is InChI=1S/C26H30N2O6/c27-26(32)24-4-2-1-3-19(24)16-33-22-7-5-18(6-8-22)11-12-28-14-21(30)17-34-23-9-10-25(31)20(13-23)15-29/h1-10,13,21,28-31H,11-12,14-17H2,(H2,27,32). The molecule has 0 radical (unpaired) electrons. The Morgan fingerprint density at radius 2 is 1.71 bits per heavy atom. The Bertz CT molecular complexity index is 1070. The topological polar surface area (TPSA) is 134 Å². The average molecular weight is 467 g/mol. The maximum atomic E-state index is 11.5. The SMILES string of the molecule is NC(=O)c1ccccc1COc1ccc(CCNCC(O)COc2ccc(O)c(CO)c2)cc1. The Morgan fingerprint density at radius 1 is 0.971 bits per heavy atom. The Kier molecular flexibility index (Phi) is 9.28. The molecule has 1 amide bonds. The van der Waals surface area contributed by atoms with Crippen molar-refractivity contribution in [2.75, 3.05) is 19.7 Å². The number of rotatable bonds is 13. The lowest BCUT2D eigenvalue weighted by atomic mass is 10.1. The van der Waals surface area contributed by atoms with Crippen LogP contribution in [0.15, 0.2) is 66.7 Å². The van der Waals surface area contributed by atoms with Crippen LogP contribution in [0.3, 0.4) is 0 Å². The van der Waals surface area contributed by atoms with Gasteiger partial charge in [0.1, 0.15) is 36.6 Å². The third kappa shape index (κ3) is 7.48. The van der Waals surface area contributed by atoms with Crippen LogP contribution in [-0.2, 0) is 19.6 Å². The largest absolute Gasteiger partial charge is 0.508 e. The first-order valence-corrected chi connectivity index (χ1v) is 11.0. The lowest BCUT2D eigenvalue weighted by Gasteiger charge is -2.14. The number of ether oxygens (including phenoxy) is 2. The van der Waals surface area contributed by atoms with Crippen molar-refractivity contribution < 1.29 is 29.6 Å². The van der Waals surface area contributed by atoms with Crippen molar-refractivity contribution in [3.8, 4) is 17.2 Å². The van der Waals surface area contributed by atoms with Gasteiger partial charge in [-0.1, -0.05) is 30.3 Å². The van der Waals surface area contributed by atoms with Gasteiger partial charge < -0.3 is 35.8 Å². The molecule has 0 bridgehead atoms. The molecule has 8 nitrogen and oxygen atoms in total. The molecule has 3 aromatic rings. The van der Waals surface area contributed by atoms with Gasteiger partial charge in [0.2, 0.25) is 5.91 Å². The summed E-state index contributed by atoms with van der Waals surface area (Å²) in [6.07, 6.45) is 0.0707. The van der Waals surface area contributed by atoms with Gasteiger partial charge >= 0.3 is 0 Å². The number of hydrogen-bond donors (Lipinski definition) is 5. The van der Waals surface area contributed by atoms with Gasteiger partial charge in [0.05, 0.1) is 6.61 Å². The second-order valence-corrected chi connectivity index (χ2v) is 7.82. The summed E-state index contributed by atoms with van der Waals surface area (Å²) in [5, 5.41) is 32.0. The van der Waals surface area contributed by atoms with Gasteiger partial charge in [0, 0.05) is 23.2 Å². The van der Waals surface area contributed by atoms with E-state index in [0.717, 1.165) is 17.5 Å². The summed E-state index contributed by atoms with van der Waals surface area (Å²) >= 11 is 0. The van der Waals surface area contributed by atoms with Crippen molar-refractivity contribution >= 4 is 5.91 Å². The zero-order valence-electron chi connectivity index (χ0n) is 18.8. The van der Waals surface area contributed by atoms with E-state index in [2.05, 4.69) is 5.32 Å². The van der Waals surface area contributed by atoms with E-state index in [4.69, 9.17) is 15.2 Å². The van der Waals surface area contributed by atoms with Gasteiger partial charge in [0.15, 0.2) is 0 Å². The zero-order chi connectivity index (χ0) is 24.3. The molecule has 0 fully saturated rings. The van der Waals surface area contributed by atoms with Crippen LogP contribution >= 0.6 is 0 Å². The van der Waals surface area contributed by atoms with E-state index >= 15 is 0 Å². The van der Waals surface area contributed by atoms with Gasteiger partial charge in [-0.3, -0.25) is 4.79 Å². The first-order chi connectivity index (χ1) is 16.5. The van der Waals surface area contributed by atoms with E-state index in [1.807, 2.05) is 36.4 Å². The maximum Gasteiger partial charge on any atom is 0.249 e. The van der Waals surface area contributed by atoms with Gasteiger partial charge in [-0.2, -0.15) is 0 Å². The van der Waals surface area contributed by atoms with Crippen LogP contribution in [0.2, 0.25) is 0 Å². The molecule has 34 heavy (non-hydrogen) atoms. The minimum Gasteiger partial charge on any atom is -0.508 e. The number of nitrogens with two attached hydrogens (primary N) is 1. The number of amides is 1. The number of phenols is 1. The van der Waals surface area contributed by atoms with E-state index in [-0.39, 0.29) is 25.6 Å². The number of aromatic hydroxyl groups is 1. The predicted molar refractivity (Wildman–Crippen MR) is 128 cm³/mol. The molecule has 8 heteroatoms. The number of primary amides is 1. The van der Waals surface area contributed by atoms with Crippen molar-refractivity contribution in [2.24, 2.45) is 5.73 Å². The molecule has 0 aliphatic carbocycles. The molecular formula is C26H30N2O6. The minimum absolute atomic E-state index is 0.00470. The molecule has 3 rings (SSSR count). The molecule has 1 unspecified atom stereocenters. The smallest absolute Gasteiger partial charge is 0.249 e. The van der Waals surface area contributed by atoms with Crippen molar-refractivity contribution in [3.05, 3.63) is 89.0 Å². The summed E-state index contributed by atoms with van der Waals surface area (Å²) in [6, 6.07) is 19.4. The van der Waals surface area contributed by atoms with Crippen molar-refractivity contribution in [2.45, 2.75) is 25.7 Å². The quantitative estimate of drug-likeness (QED) is 0.244. The minimum atomic E-state index is -0.703. The zero-order valence-corrected chi connectivity index (χ0v) is 18.8. The Morgan fingerprint density at radius 3 is 2.44 bits per heavy atom. The number of carbonyl (C=O) groups excluding carboxylic acids is 1. The molecule has 0 aliphatic heterocycles. The molecular weight excluding hydrogens is 436 g/mol. The second kappa shape index (κ2) is 12.6. The number of nitrogens with one attached hydrogen (secondary N) is 1. The number of aliphatic hydroxyl groups excluding tert-OH is 2. The summed E-state index contributed by atoms with van der Waals surface area (Å²) in [7, 11) is 0. The molecule has 1 atom stereocenters. The summed E-state index contributed by atoms with van der Waals surface area (Å²) in [5.74, 6) is 0.698. The van der Waals surface area contributed by atoms with E-state index in [9.17, 15) is 20.1 Å². The van der Waals surface area contributed by atoms with Crippen LogP contribution in [0.25, 0.3) is 0 Å². The number of hydrogen-bond acceptors (Lipinski definition) is 7. The summed E-state index contributed by atoms with van der Waals surface area (Å²) in [4.78, 5) is 11.5. The van der Waals surface area contributed by atoms with Gasteiger partial charge in [0.25, 0.3) is 0 Å². The monoisotopic (exact) mass is 466 g/mol. The highest BCUT2D eigenvalue weighted by Gasteiger charge is 2.09. The van der Waals surface area contributed by atoms with Crippen molar-refractivity contribution in [1.82, 2.24) is 5.32 Å². The number of benzene rings is 3. The lowest BCUT2D eigenvalue weighted by Crippen LogP contribution is -2.32.